The molecule has 0 aromatic rings. The van der Waals surface area contributed by atoms with Crippen molar-refractivity contribution in [2.24, 2.45) is 0 Å². The fourth-order valence-corrected chi connectivity index (χ4v) is 4.94. The summed E-state index contributed by atoms with van der Waals surface area (Å²) in [5.41, 5.74) is -0.0567. The Kier molecular flexibility index (Phi) is 3.98. The largest absolute Gasteiger partial charge is 0.323 e. The van der Waals surface area contributed by atoms with Crippen LogP contribution in [0.1, 0.15) is 47.0 Å². The van der Waals surface area contributed by atoms with Crippen LogP contribution in [-0.2, 0) is 4.79 Å². The van der Waals surface area contributed by atoms with Gasteiger partial charge in [0, 0.05) is 30.8 Å². The summed E-state index contributed by atoms with van der Waals surface area (Å²) in [5.74, 6) is 1.35. The van der Waals surface area contributed by atoms with Crippen LogP contribution in [0.2, 0.25) is 0 Å². The minimum Gasteiger partial charge on any atom is -0.323 e. The maximum atomic E-state index is 12.4. The van der Waals surface area contributed by atoms with Gasteiger partial charge in [0.1, 0.15) is 0 Å². The molecule has 0 N–H and O–H groups in total. The van der Waals surface area contributed by atoms with E-state index in [-0.39, 0.29) is 10.4 Å². The maximum Gasteiger partial charge on any atom is 0.224 e. The molecule has 2 heterocycles. The van der Waals surface area contributed by atoms with Crippen molar-refractivity contribution < 1.29 is 4.79 Å². The Morgan fingerprint density at radius 3 is 2.39 bits per heavy atom. The maximum absolute atomic E-state index is 12.4. The second kappa shape index (κ2) is 5.04. The van der Waals surface area contributed by atoms with Crippen LogP contribution in [0.25, 0.3) is 0 Å². The standard InChI is InChI=1S/C14H26N2OS/c1-5-15-9-7-14(8-10-15)16(13(2,3)4)12(17)6-11-18-14/h5-11H2,1-4H3. The number of thioether (sulfide) groups is 1. The van der Waals surface area contributed by atoms with E-state index in [0.717, 1.165) is 38.2 Å². The molecule has 0 aromatic carbocycles. The van der Waals surface area contributed by atoms with Crippen LogP contribution in [0, 0.1) is 0 Å². The van der Waals surface area contributed by atoms with Gasteiger partial charge in [0.25, 0.3) is 0 Å². The highest BCUT2D eigenvalue weighted by Crippen LogP contribution is 2.46. The molecule has 0 aromatic heterocycles. The predicted octanol–water partition coefficient (Wildman–Crippen LogP) is 2.56. The molecule has 1 spiro atoms. The molecule has 2 aliphatic rings. The fourth-order valence-electron chi connectivity index (χ4n) is 3.30. The van der Waals surface area contributed by atoms with Crippen molar-refractivity contribution in [2.75, 3.05) is 25.4 Å². The van der Waals surface area contributed by atoms with E-state index in [2.05, 4.69) is 37.5 Å². The summed E-state index contributed by atoms with van der Waals surface area (Å²) in [4.78, 5) is 17.1. The van der Waals surface area contributed by atoms with E-state index < -0.39 is 0 Å². The van der Waals surface area contributed by atoms with Gasteiger partial charge in [0.2, 0.25) is 5.91 Å². The van der Waals surface area contributed by atoms with Crippen LogP contribution in [0.15, 0.2) is 0 Å². The number of nitrogens with zero attached hydrogens (tertiary/aromatic N) is 2. The molecule has 2 rings (SSSR count). The smallest absolute Gasteiger partial charge is 0.224 e. The Morgan fingerprint density at radius 1 is 1.28 bits per heavy atom. The van der Waals surface area contributed by atoms with Crippen molar-refractivity contribution in [1.29, 1.82) is 0 Å². The average molecular weight is 270 g/mol. The summed E-state index contributed by atoms with van der Waals surface area (Å²) < 4.78 is 0. The molecule has 18 heavy (non-hydrogen) atoms. The topological polar surface area (TPSA) is 23.6 Å². The lowest BCUT2D eigenvalue weighted by molar-refractivity contribution is -0.143. The number of hydrogen-bond acceptors (Lipinski definition) is 3. The third-order valence-electron chi connectivity index (χ3n) is 4.10. The van der Waals surface area contributed by atoms with Crippen molar-refractivity contribution in [3.8, 4) is 0 Å². The molecule has 0 saturated carbocycles. The Balaban J connectivity index is 2.21. The zero-order valence-corrected chi connectivity index (χ0v) is 13.0. The van der Waals surface area contributed by atoms with E-state index in [1.807, 2.05) is 11.8 Å². The molecule has 0 aliphatic carbocycles. The number of rotatable bonds is 1. The van der Waals surface area contributed by atoms with Gasteiger partial charge in [-0.1, -0.05) is 6.92 Å². The van der Waals surface area contributed by atoms with Gasteiger partial charge in [0.05, 0.1) is 4.87 Å². The summed E-state index contributed by atoms with van der Waals surface area (Å²) in [6.07, 6.45) is 2.95. The van der Waals surface area contributed by atoms with Crippen LogP contribution in [0.3, 0.4) is 0 Å². The first kappa shape index (κ1) is 14.2. The van der Waals surface area contributed by atoms with Gasteiger partial charge < -0.3 is 9.80 Å². The first-order valence-electron chi connectivity index (χ1n) is 7.08. The van der Waals surface area contributed by atoms with Gasteiger partial charge in [-0.2, -0.15) is 0 Å². The molecule has 0 unspecified atom stereocenters. The van der Waals surface area contributed by atoms with E-state index in [1.54, 1.807) is 0 Å². The van der Waals surface area contributed by atoms with Crippen molar-refractivity contribution in [2.45, 2.75) is 57.4 Å². The second-order valence-electron chi connectivity index (χ2n) is 6.38. The van der Waals surface area contributed by atoms with Gasteiger partial charge in [0.15, 0.2) is 0 Å². The molecular weight excluding hydrogens is 244 g/mol. The summed E-state index contributed by atoms with van der Waals surface area (Å²) in [7, 11) is 0. The molecule has 1 amide bonds. The molecule has 104 valence electrons. The van der Waals surface area contributed by atoms with Gasteiger partial charge >= 0.3 is 0 Å². The highest BCUT2D eigenvalue weighted by Gasteiger charge is 2.48. The van der Waals surface area contributed by atoms with Crippen LogP contribution in [-0.4, -0.2) is 51.5 Å². The normalized spacial score (nSPS) is 25.8. The average Bonchev–Trinajstić information content (AvgIpc) is 2.28. The molecule has 0 radical (unpaired) electrons. The summed E-state index contributed by atoms with van der Waals surface area (Å²) in [6.45, 7) is 12.1. The van der Waals surface area contributed by atoms with Gasteiger partial charge in [-0.3, -0.25) is 4.79 Å². The zero-order chi connectivity index (χ0) is 13.4. The number of hydrogen-bond donors (Lipinski definition) is 0. The third-order valence-corrected chi connectivity index (χ3v) is 5.64. The monoisotopic (exact) mass is 270 g/mol. The lowest BCUT2D eigenvalue weighted by Gasteiger charge is -2.55. The van der Waals surface area contributed by atoms with Crippen LogP contribution >= 0.6 is 11.8 Å². The molecule has 0 atom stereocenters. The number of amides is 1. The number of carbonyl (C=O) groups excluding carboxylic acids is 1. The van der Waals surface area contributed by atoms with Crippen molar-refractivity contribution >= 4 is 17.7 Å². The van der Waals surface area contributed by atoms with E-state index >= 15 is 0 Å². The molecule has 4 heteroatoms. The summed E-state index contributed by atoms with van der Waals surface area (Å²) in [6, 6.07) is 0. The van der Waals surface area contributed by atoms with Crippen LogP contribution < -0.4 is 0 Å². The Bertz CT molecular complexity index is 316. The molecule has 2 saturated heterocycles. The second-order valence-corrected chi connectivity index (χ2v) is 7.84. The van der Waals surface area contributed by atoms with Crippen molar-refractivity contribution in [3.63, 3.8) is 0 Å². The Hall–Kier alpha value is -0.220. The van der Waals surface area contributed by atoms with Crippen molar-refractivity contribution in [3.05, 3.63) is 0 Å². The van der Waals surface area contributed by atoms with Crippen LogP contribution in [0.4, 0.5) is 0 Å². The predicted molar refractivity (Wildman–Crippen MR) is 77.8 cm³/mol. The SMILES string of the molecule is CCN1CCC2(CC1)SCCC(=O)N2C(C)(C)C. The quantitative estimate of drug-likeness (QED) is 0.731. The highest BCUT2D eigenvalue weighted by molar-refractivity contribution is 8.00. The van der Waals surface area contributed by atoms with E-state index in [1.165, 1.54) is 0 Å². The fraction of sp³-hybridized carbons (Fsp3) is 0.929. The van der Waals surface area contributed by atoms with E-state index in [4.69, 9.17) is 0 Å². The minimum atomic E-state index is -0.0567. The number of carbonyl (C=O) groups is 1. The van der Waals surface area contributed by atoms with E-state index in [0.29, 0.717) is 12.3 Å². The molecular formula is C14H26N2OS. The van der Waals surface area contributed by atoms with Gasteiger partial charge in [-0.15, -0.1) is 11.8 Å². The Morgan fingerprint density at radius 2 is 1.89 bits per heavy atom. The lowest BCUT2D eigenvalue weighted by Crippen LogP contribution is -2.63. The third kappa shape index (κ3) is 2.55. The first-order valence-corrected chi connectivity index (χ1v) is 8.07. The molecule has 0 bridgehead atoms. The lowest BCUT2D eigenvalue weighted by atomic mass is 9.94. The number of likely N-dealkylation sites (tertiary alicyclic amines) is 1. The molecule has 2 aliphatic heterocycles. The minimum absolute atomic E-state index is 0.0567. The van der Waals surface area contributed by atoms with Crippen LogP contribution in [0.5, 0.6) is 0 Å². The van der Waals surface area contributed by atoms with Gasteiger partial charge in [-0.25, -0.2) is 0 Å². The van der Waals surface area contributed by atoms with Gasteiger partial charge in [-0.05, 0) is 40.2 Å². The summed E-state index contributed by atoms with van der Waals surface area (Å²) >= 11 is 2.02. The summed E-state index contributed by atoms with van der Waals surface area (Å²) in [5, 5.41) is 0. The zero-order valence-electron chi connectivity index (χ0n) is 12.2. The Labute approximate surface area is 115 Å². The number of piperidine rings is 1. The first-order chi connectivity index (χ1) is 8.39. The van der Waals surface area contributed by atoms with Crippen molar-refractivity contribution in [1.82, 2.24) is 9.80 Å². The molecule has 2 fully saturated rings. The molecule has 3 nitrogen and oxygen atoms in total. The highest BCUT2D eigenvalue weighted by atomic mass is 32.2. The van der Waals surface area contributed by atoms with E-state index in [9.17, 15) is 4.79 Å².